The van der Waals surface area contributed by atoms with Crippen molar-refractivity contribution in [2.24, 2.45) is 0 Å². The molecule has 1 aromatic carbocycles. The molecule has 1 saturated heterocycles. The molecule has 2 aliphatic heterocycles. The Morgan fingerprint density at radius 1 is 1.21 bits per heavy atom. The fourth-order valence-corrected chi connectivity index (χ4v) is 4.77. The number of morpholine rings is 1. The molecule has 2 atom stereocenters. The van der Waals surface area contributed by atoms with Gasteiger partial charge in [-0.25, -0.2) is 4.68 Å². The summed E-state index contributed by atoms with van der Waals surface area (Å²) in [6.07, 6.45) is -0.169. The average molecular weight is 401 g/mol. The third kappa shape index (κ3) is 3.66. The Hall–Kier alpha value is -2.32. The number of hydrogen-bond donors (Lipinski definition) is 1. The molecule has 1 aromatic heterocycles. The monoisotopic (exact) mass is 400 g/mol. The molecule has 28 heavy (non-hydrogen) atoms. The summed E-state index contributed by atoms with van der Waals surface area (Å²) >= 11 is 1.76. The second-order valence-corrected chi connectivity index (χ2v) is 8.42. The first-order valence-corrected chi connectivity index (χ1v) is 10.6. The van der Waals surface area contributed by atoms with Crippen molar-refractivity contribution < 1.29 is 14.3 Å². The van der Waals surface area contributed by atoms with Gasteiger partial charge < -0.3 is 15.0 Å². The lowest BCUT2D eigenvalue weighted by atomic mass is 10.2. The normalized spacial score (nSPS) is 21.5. The number of ether oxygens (including phenoxy) is 1. The molecule has 0 spiro atoms. The van der Waals surface area contributed by atoms with E-state index in [0.717, 1.165) is 34.0 Å². The van der Waals surface area contributed by atoms with Crippen LogP contribution in [0, 0.1) is 6.92 Å². The van der Waals surface area contributed by atoms with E-state index >= 15 is 0 Å². The third-order valence-corrected chi connectivity index (χ3v) is 5.90. The SMILES string of the molecule is Cc1cccc(-n2nc3c(c2NC(=O)C(=O)N2C[C@H](C)O[C@@H](C)C2)CSC3)c1. The molecule has 0 bridgehead atoms. The van der Waals surface area contributed by atoms with Gasteiger partial charge in [-0.15, -0.1) is 0 Å². The van der Waals surface area contributed by atoms with Crippen LogP contribution in [0.4, 0.5) is 5.82 Å². The zero-order valence-corrected chi connectivity index (χ0v) is 17.1. The maximum absolute atomic E-state index is 12.8. The van der Waals surface area contributed by atoms with E-state index in [1.54, 1.807) is 21.3 Å². The quantitative estimate of drug-likeness (QED) is 0.784. The topological polar surface area (TPSA) is 76.5 Å². The van der Waals surface area contributed by atoms with Crippen molar-refractivity contribution in [2.45, 2.75) is 44.5 Å². The van der Waals surface area contributed by atoms with Crippen molar-refractivity contribution in [3.8, 4) is 5.69 Å². The summed E-state index contributed by atoms with van der Waals surface area (Å²) < 4.78 is 7.40. The molecule has 0 unspecified atom stereocenters. The summed E-state index contributed by atoms with van der Waals surface area (Å²) in [5.74, 6) is 1.02. The molecule has 8 heteroatoms. The summed E-state index contributed by atoms with van der Waals surface area (Å²) in [7, 11) is 0. The molecule has 7 nitrogen and oxygen atoms in total. The van der Waals surface area contributed by atoms with Gasteiger partial charge in [-0.1, -0.05) is 12.1 Å². The maximum Gasteiger partial charge on any atom is 0.315 e. The number of fused-ring (bicyclic) bond motifs is 1. The number of carbonyl (C=O) groups is 2. The van der Waals surface area contributed by atoms with Gasteiger partial charge in [0.25, 0.3) is 0 Å². The number of aryl methyl sites for hydroxylation is 1. The van der Waals surface area contributed by atoms with Gasteiger partial charge >= 0.3 is 11.8 Å². The van der Waals surface area contributed by atoms with E-state index in [2.05, 4.69) is 10.4 Å². The average Bonchev–Trinajstić information content (AvgIpc) is 3.23. The lowest BCUT2D eigenvalue weighted by molar-refractivity contribution is -0.151. The number of thioether (sulfide) groups is 1. The number of nitrogens with one attached hydrogen (secondary N) is 1. The van der Waals surface area contributed by atoms with Crippen LogP contribution in [0.15, 0.2) is 24.3 Å². The van der Waals surface area contributed by atoms with E-state index in [0.29, 0.717) is 18.9 Å². The lowest BCUT2D eigenvalue weighted by Crippen LogP contribution is -2.51. The van der Waals surface area contributed by atoms with Crippen LogP contribution >= 0.6 is 11.8 Å². The number of aromatic nitrogens is 2. The number of amides is 2. The summed E-state index contributed by atoms with van der Waals surface area (Å²) in [5, 5.41) is 7.54. The summed E-state index contributed by atoms with van der Waals surface area (Å²) in [6.45, 7) is 6.66. The minimum Gasteiger partial charge on any atom is -0.372 e. The molecule has 2 aromatic rings. The highest BCUT2D eigenvalue weighted by atomic mass is 32.2. The number of hydrogen-bond acceptors (Lipinski definition) is 5. The molecule has 3 heterocycles. The van der Waals surface area contributed by atoms with Crippen molar-refractivity contribution in [1.29, 1.82) is 0 Å². The Bertz CT molecular complexity index is 916. The fourth-order valence-electron chi connectivity index (χ4n) is 3.74. The first-order valence-electron chi connectivity index (χ1n) is 9.43. The molecular weight excluding hydrogens is 376 g/mol. The Kier molecular flexibility index (Phi) is 5.16. The zero-order valence-electron chi connectivity index (χ0n) is 16.3. The van der Waals surface area contributed by atoms with Crippen LogP contribution in [-0.4, -0.2) is 51.8 Å². The van der Waals surface area contributed by atoms with Crippen LogP contribution in [-0.2, 0) is 25.8 Å². The smallest absolute Gasteiger partial charge is 0.315 e. The van der Waals surface area contributed by atoms with Gasteiger partial charge in [0, 0.05) is 30.2 Å². The van der Waals surface area contributed by atoms with Crippen molar-refractivity contribution in [3.05, 3.63) is 41.1 Å². The number of benzene rings is 1. The Morgan fingerprint density at radius 3 is 2.68 bits per heavy atom. The highest BCUT2D eigenvalue weighted by molar-refractivity contribution is 7.98. The van der Waals surface area contributed by atoms with E-state index in [-0.39, 0.29) is 12.2 Å². The van der Waals surface area contributed by atoms with Gasteiger partial charge in [0.2, 0.25) is 0 Å². The molecule has 4 rings (SSSR count). The van der Waals surface area contributed by atoms with Crippen molar-refractivity contribution in [2.75, 3.05) is 18.4 Å². The minimum atomic E-state index is -0.630. The first-order chi connectivity index (χ1) is 13.4. The van der Waals surface area contributed by atoms with Gasteiger partial charge in [0.1, 0.15) is 5.82 Å². The molecule has 1 N–H and O–H groups in total. The summed E-state index contributed by atoms with van der Waals surface area (Å²) in [6, 6.07) is 7.93. The Labute approximate surface area is 168 Å². The van der Waals surface area contributed by atoms with E-state index in [1.165, 1.54) is 0 Å². The first kappa shape index (κ1) is 19.0. The molecular formula is C20H24N4O3S. The fraction of sp³-hybridized carbons (Fsp3) is 0.450. The van der Waals surface area contributed by atoms with E-state index in [9.17, 15) is 9.59 Å². The van der Waals surface area contributed by atoms with Gasteiger partial charge in [-0.2, -0.15) is 16.9 Å². The van der Waals surface area contributed by atoms with Gasteiger partial charge in [0.05, 0.1) is 23.6 Å². The maximum atomic E-state index is 12.8. The predicted molar refractivity (Wildman–Crippen MR) is 109 cm³/mol. The molecule has 2 aliphatic rings. The standard InChI is InChI=1S/C20H24N4O3S/c1-12-5-4-6-15(7-12)24-18(16-10-28-11-17(16)22-24)21-19(25)20(26)23-8-13(2)27-14(3)9-23/h4-7,13-14H,8-11H2,1-3H3,(H,21,25)/t13-,14-/m0/s1. The van der Waals surface area contributed by atoms with Gasteiger partial charge in [0.15, 0.2) is 0 Å². The number of carbonyl (C=O) groups excluding carboxylic acids is 2. The van der Waals surface area contributed by atoms with Crippen LogP contribution < -0.4 is 5.32 Å². The highest BCUT2D eigenvalue weighted by Crippen LogP contribution is 2.36. The van der Waals surface area contributed by atoms with E-state index in [4.69, 9.17) is 4.74 Å². The number of nitrogens with zero attached hydrogens (tertiary/aromatic N) is 3. The number of rotatable bonds is 2. The molecule has 0 aliphatic carbocycles. The van der Waals surface area contributed by atoms with Crippen LogP contribution in [0.3, 0.4) is 0 Å². The second kappa shape index (κ2) is 7.60. The Morgan fingerprint density at radius 2 is 1.96 bits per heavy atom. The summed E-state index contributed by atoms with van der Waals surface area (Å²) in [4.78, 5) is 27.1. The molecule has 2 amide bonds. The molecule has 148 valence electrons. The van der Waals surface area contributed by atoms with E-state index in [1.807, 2.05) is 45.0 Å². The largest absolute Gasteiger partial charge is 0.372 e. The van der Waals surface area contributed by atoms with Crippen molar-refractivity contribution in [1.82, 2.24) is 14.7 Å². The van der Waals surface area contributed by atoms with E-state index < -0.39 is 11.8 Å². The van der Waals surface area contributed by atoms with Crippen molar-refractivity contribution >= 4 is 29.4 Å². The lowest BCUT2D eigenvalue weighted by Gasteiger charge is -2.34. The van der Waals surface area contributed by atoms with Crippen LogP contribution in [0.2, 0.25) is 0 Å². The predicted octanol–water partition coefficient (Wildman–Crippen LogP) is 2.50. The molecule has 0 saturated carbocycles. The summed E-state index contributed by atoms with van der Waals surface area (Å²) in [5.41, 5.74) is 3.93. The highest BCUT2D eigenvalue weighted by Gasteiger charge is 2.32. The zero-order chi connectivity index (χ0) is 19.8. The van der Waals surface area contributed by atoms with Crippen LogP contribution in [0.1, 0.15) is 30.7 Å². The third-order valence-electron chi connectivity index (χ3n) is 4.93. The minimum absolute atomic E-state index is 0.0843. The van der Waals surface area contributed by atoms with Crippen LogP contribution in [0.5, 0.6) is 0 Å². The Balaban J connectivity index is 1.61. The van der Waals surface area contributed by atoms with Crippen LogP contribution in [0.25, 0.3) is 5.69 Å². The second-order valence-electron chi connectivity index (χ2n) is 7.44. The van der Waals surface area contributed by atoms with Crippen molar-refractivity contribution in [3.63, 3.8) is 0 Å². The van der Waals surface area contributed by atoms with Gasteiger partial charge in [-0.3, -0.25) is 9.59 Å². The number of anilines is 1. The molecule has 0 radical (unpaired) electrons. The molecule has 1 fully saturated rings. The van der Waals surface area contributed by atoms with Gasteiger partial charge in [-0.05, 0) is 38.5 Å².